The Bertz CT molecular complexity index is 708. The zero-order valence-corrected chi connectivity index (χ0v) is 14.0. The maximum absolute atomic E-state index is 12.1. The van der Waals surface area contributed by atoms with E-state index in [1.54, 1.807) is 38.5 Å². The normalized spacial score (nSPS) is 10.5. The number of anilines is 1. The van der Waals surface area contributed by atoms with Crippen molar-refractivity contribution in [3.05, 3.63) is 54.1 Å². The first kappa shape index (κ1) is 17.4. The van der Waals surface area contributed by atoms with Crippen LogP contribution in [0.15, 0.2) is 48.5 Å². The second kappa shape index (κ2) is 8.62. The summed E-state index contributed by atoms with van der Waals surface area (Å²) in [4.78, 5) is 12.1. The Balaban J connectivity index is 2.02. The van der Waals surface area contributed by atoms with Crippen LogP contribution in [0.4, 0.5) is 5.69 Å². The SMILES string of the molecule is CCOc1ccc(C=CC(=O)Nc2ccc(OC)cc2OC)cc1. The second-order valence-corrected chi connectivity index (χ2v) is 4.89. The van der Waals surface area contributed by atoms with E-state index in [2.05, 4.69) is 5.32 Å². The molecular formula is C19H21NO4. The average Bonchev–Trinajstić information content (AvgIpc) is 2.61. The molecule has 0 bridgehead atoms. The van der Waals surface area contributed by atoms with E-state index in [0.29, 0.717) is 23.8 Å². The van der Waals surface area contributed by atoms with E-state index in [0.717, 1.165) is 11.3 Å². The van der Waals surface area contributed by atoms with Crippen molar-refractivity contribution in [1.29, 1.82) is 0 Å². The molecule has 0 unspecified atom stereocenters. The van der Waals surface area contributed by atoms with Crippen LogP contribution in [-0.2, 0) is 4.79 Å². The Morgan fingerprint density at radius 2 is 1.75 bits per heavy atom. The third kappa shape index (κ3) is 4.78. The van der Waals surface area contributed by atoms with Crippen LogP contribution in [-0.4, -0.2) is 26.7 Å². The van der Waals surface area contributed by atoms with Crippen LogP contribution in [0.5, 0.6) is 17.2 Å². The van der Waals surface area contributed by atoms with Gasteiger partial charge in [0.05, 0.1) is 26.5 Å². The molecule has 0 fully saturated rings. The fourth-order valence-electron chi connectivity index (χ4n) is 2.09. The highest BCUT2D eigenvalue weighted by Crippen LogP contribution is 2.29. The molecule has 126 valence electrons. The van der Waals surface area contributed by atoms with Gasteiger partial charge in [-0.3, -0.25) is 4.79 Å². The number of benzene rings is 2. The number of hydrogen-bond acceptors (Lipinski definition) is 4. The van der Waals surface area contributed by atoms with Gasteiger partial charge in [-0.15, -0.1) is 0 Å². The van der Waals surface area contributed by atoms with E-state index in [1.165, 1.54) is 6.08 Å². The van der Waals surface area contributed by atoms with Gasteiger partial charge in [0, 0.05) is 12.1 Å². The van der Waals surface area contributed by atoms with Crippen molar-refractivity contribution >= 4 is 17.7 Å². The molecule has 2 aromatic rings. The lowest BCUT2D eigenvalue weighted by Gasteiger charge is -2.10. The number of ether oxygens (including phenoxy) is 3. The quantitative estimate of drug-likeness (QED) is 0.787. The van der Waals surface area contributed by atoms with Gasteiger partial charge in [0.1, 0.15) is 17.2 Å². The fraction of sp³-hybridized carbons (Fsp3) is 0.211. The molecule has 5 nitrogen and oxygen atoms in total. The molecule has 0 aromatic heterocycles. The van der Waals surface area contributed by atoms with Gasteiger partial charge in [-0.1, -0.05) is 12.1 Å². The van der Waals surface area contributed by atoms with Crippen LogP contribution in [0, 0.1) is 0 Å². The largest absolute Gasteiger partial charge is 0.497 e. The summed E-state index contributed by atoms with van der Waals surface area (Å²) in [6.45, 7) is 2.56. The molecule has 0 spiro atoms. The van der Waals surface area contributed by atoms with E-state index >= 15 is 0 Å². The fourth-order valence-corrected chi connectivity index (χ4v) is 2.09. The van der Waals surface area contributed by atoms with Gasteiger partial charge in [-0.25, -0.2) is 0 Å². The molecular weight excluding hydrogens is 306 g/mol. The lowest BCUT2D eigenvalue weighted by molar-refractivity contribution is -0.111. The monoisotopic (exact) mass is 327 g/mol. The van der Waals surface area contributed by atoms with E-state index < -0.39 is 0 Å². The Morgan fingerprint density at radius 3 is 2.38 bits per heavy atom. The van der Waals surface area contributed by atoms with Crippen molar-refractivity contribution < 1.29 is 19.0 Å². The molecule has 0 heterocycles. The first-order chi connectivity index (χ1) is 11.7. The lowest BCUT2D eigenvalue weighted by Crippen LogP contribution is -2.09. The highest BCUT2D eigenvalue weighted by molar-refractivity contribution is 6.02. The smallest absolute Gasteiger partial charge is 0.248 e. The van der Waals surface area contributed by atoms with Gasteiger partial charge < -0.3 is 19.5 Å². The van der Waals surface area contributed by atoms with Gasteiger partial charge in [-0.2, -0.15) is 0 Å². The molecule has 1 amide bonds. The van der Waals surface area contributed by atoms with Crippen LogP contribution >= 0.6 is 0 Å². The third-order valence-electron chi connectivity index (χ3n) is 3.28. The molecule has 5 heteroatoms. The minimum Gasteiger partial charge on any atom is -0.497 e. The first-order valence-corrected chi connectivity index (χ1v) is 7.60. The van der Waals surface area contributed by atoms with Gasteiger partial charge in [0.15, 0.2) is 0 Å². The van der Waals surface area contributed by atoms with Crippen LogP contribution in [0.1, 0.15) is 12.5 Å². The number of carbonyl (C=O) groups is 1. The molecule has 2 aromatic carbocycles. The Hall–Kier alpha value is -2.95. The number of carbonyl (C=O) groups excluding carboxylic acids is 1. The second-order valence-electron chi connectivity index (χ2n) is 4.89. The molecule has 0 aliphatic rings. The zero-order chi connectivity index (χ0) is 17.4. The number of amides is 1. The zero-order valence-electron chi connectivity index (χ0n) is 14.0. The summed E-state index contributed by atoms with van der Waals surface area (Å²) < 4.78 is 15.8. The summed E-state index contributed by atoms with van der Waals surface area (Å²) in [6, 6.07) is 12.7. The number of rotatable bonds is 7. The van der Waals surface area contributed by atoms with E-state index in [9.17, 15) is 4.79 Å². The Morgan fingerprint density at radius 1 is 1.04 bits per heavy atom. The van der Waals surface area contributed by atoms with Gasteiger partial charge in [0.2, 0.25) is 5.91 Å². The van der Waals surface area contributed by atoms with Crippen LogP contribution in [0.2, 0.25) is 0 Å². The topological polar surface area (TPSA) is 56.8 Å². The molecule has 0 aliphatic carbocycles. The van der Waals surface area contributed by atoms with Gasteiger partial charge >= 0.3 is 0 Å². The van der Waals surface area contributed by atoms with E-state index in [1.807, 2.05) is 31.2 Å². The number of hydrogen-bond donors (Lipinski definition) is 1. The van der Waals surface area contributed by atoms with Crippen LogP contribution in [0.3, 0.4) is 0 Å². The summed E-state index contributed by atoms with van der Waals surface area (Å²) in [7, 11) is 3.12. The third-order valence-corrected chi connectivity index (χ3v) is 3.28. The van der Waals surface area contributed by atoms with Crippen LogP contribution in [0.25, 0.3) is 6.08 Å². The highest BCUT2D eigenvalue weighted by atomic mass is 16.5. The molecule has 1 N–H and O–H groups in total. The number of methoxy groups -OCH3 is 2. The van der Waals surface area contributed by atoms with Gasteiger partial charge in [0.25, 0.3) is 0 Å². The van der Waals surface area contributed by atoms with Crippen molar-refractivity contribution in [2.24, 2.45) is 0 Å². The van der Waals surface area contributed by atoms with E-state index in [-0.39, 0.29) is 5.91 Å². The number of nitrogens with one attached hydrogen (secondary N) is 1. The van der Waals surface area contributed by atoms with Crippen molar-refractivity contribution in [2.75, 3.05) is 26.1 Å². The van der Waals surface area contributed by atoms with E-state index in [4.69, 9.17) is 14.2 Å². The first-order valence-electron chi connectivity index (χ1n) is 7.60. The Labute approximate surface area is 141 Å². The predicted molar refractivity (Wildman–Crippen MR) is 94.8 cm³/mol. The van der Waals surface area contributed by atoms with Gasteiger partial charge in [-0.05, 0) is 42.8 Å². The maximum Gasteiger partial charge on any atom is 0.248 e. The molecule has 0 aliphatic heterocycles. The molecule has 0 saturated carbocycles. The molecule has 0 saturated heterocycles. The van der Waals surface area contributed by atoms with Crippen molar-refractivity contribution in [3.8, 4) is 17.2 Å². The van der Waals surface area contributed by atoms with Crippen molar-refractivity contribution in [3.63, 3.8) is 0 Å². The minimum absolute atomic E-state index is 0.243. The van der Waals surface area contributed by atoms with Crippen molar-refractivity contribution in [1.82, 2.24) is 0 Å². The summed E-state index contributed by atoms with van der Waals surface area (Å²) in [5.74, 6) is 1.77. The lowest BCUT2D eigenvalue weighted by atomic mass is 10.2. The Kier molecular flexibility index (Phi) is 6.25. The predicted octanol–water partition coefficient (Wildman–Crippen LogP) is 3.75. The summed E-state index contributed by atoms with van der Waals surface area (Å²) in [6.07, 6.45) is 3.21. The molecule has 0 atom stereocenters. The van der Waals surface area contributed by atoms with Crippen molar-refractivity contribution in [2.45, 2.75) is 6.92 Å². The molecule has 24 heavy (non-hydrogen) atoms. The summed E-state index contributed by atoms with van der Waals surface area (Å²) in [5, 5.41) is 2.78. The summed E-state index contributed by atoms with van der Waals surface area (Å²) in [5.41, 5.74) is 1.50. The molecule has 2 rings (SSSR count). The standard InChI is InChI=1S/C19H21NO4/c1-4-24-15-8-5-14(6-9-15)7-12-19(21)20-17-11-10-16(22-2)13-18(17)23-3/h5-13H,4H2,1-3H3,(H,20,21). The summed E-state index contributed by atoms with van der Waals surface area (Å²) >= 11 is 0. The minimum atomic E-state index is -0.243. The molecule has 0 radical (unpaired) electrons. The maximum atomic E-state index is 12.1. The average molecular weight is 327 g/mol. The highest BCUT2D eigenvalue weighted by Gasteiger charge is 2.07. The van der Waals surface area contributed by atoms with Crippen LogP contribution < -0.4 is 19.5 Å².